The van der Waals surface area contributed by atoms with Crippen molar-refractivity contribution in [2.45, 2.75) is 58.5 Å². The Kier molecular flexibility index (Phi) is 5.11. The normalized spacial score (nSPS) is 15.0. The Labute approximate surface area is 149 Å². The average Bonchev–Trinajstić information content (AvgIpc) is 3.39. The van der Waals surface area contributed by atoms with Gasteiger partial charge in [0, 0.05) is 25.3 Å². The van der Waals surface area contributed by atoms with Crippen LogP contribution in [0.5, 0.6) is 0 Å². The topological polar surface area (TPSA) is 59.0 Å². The van der Waals surface area contributed by atoms with Crippen LogP contribution in [-0.4, -0.2) is 21.9 Å². The maximum atomic E-state index is 12.1. The maximum Gasteiger partial charge on any atom is 0.315 e. The zero-order chi connectivity index (χ0) is 18.0. The van der Waals surface area contributed by atoms with Gasteiger partial charge >= 0.3 is 6.03 Å². The molecular weight excluding hydrogens is 312 g/mol. The number of carbonyl (C=O) groups is 1. The second-order valence-electron chi connectivity index (χ2n) is 7.22. The summed E-state index contributed by atoms with van der Waals surface area (Å²) in [6.07, 6.45) is 3.41. The van der Waals surface area contributed by atoms with Gasteiger partial charge in [0.05, 0.1) is 5.69 Å². The molecule has 1 aliphatic carbocycles. The van der Waals surface area contributed by atoms with E-state index >= 15 is 0 Å². The Morgan fingerprint density at radius 3 is 2.52 bits per heavy atom. The van der Waals surface area contributed by atoms with Gasteiger partial charge in [-0.05, 0) is 62.6 Å². The lowest BCUT2D eigenvalue weighted by molar-refractivity contribution is 0.237. The van der Waals surface area contributed by atoms with Crippen LogP contribution in [0.2, 0.25) is 0 Å². The van der Waals surface area contributed by atoms with E-state index in [1.807, 2.05) is 25.6 Å². The molecule has 1 saturated carbocycles. The lowest BCUT2D eigenvalue weighted by Crippen LogP contribution is -2.41. The molecule has 134 valence electrons. The largest absolute Gasteiger partial charge is 0.335 e. The van der Waals surface area contributed by atoms with Gasteiger partial charge in [-0.15, -0.1) is 0 Å². The number of benzene rings is 1. The predicted octanol–water partition coefficient (Wildman–Crippen LogP) is 3.34. The molecule has 5 nitrogen and oxygen atoms in total. The molecule has 3 rings (SSSR count). The van der Waals surface area contributed by atoms with Crippen LogP contribution in [0.1, 0.15) is 53.8 Å². The van der Waals surface area contributed by atoms with E-state index in [4.69, 9.17) is 0 Å². The summed E-state index contributed by atoms with van der Waals surface area (Å²) in [7, 11) is 1.95. The molecule has 0 bridgehead atoms. The molecule has 1 atom stereocenters. The Bertz CT molecular complexity index is 744. The van der Waals surface area contributed by atoms with Crippen LogP contribution in [0, 0.1) is 13.8 Å². The minimum atomic E-state index is -0.127. The molecular formula is C20H28N4O. The smallest absolute Gasteiger partial charge is 0.315 e. The number of hydrogen-bond donors (Lipinski definition) is 2. The zero-order valence-electron chi connectivity index (χ0n) is 15.6. The van der Waals surface area contributed by atoms with E-state index in [1.54, 1.807) is 0 Å². The van der Waals surface area contributed by atoms with Crippen LogP contribution in [0.3, 0.4) is 0 Å². The number of aryl methyl sites for hydroxylation is 2. The molecule has 0 radical (unpaired) electrons. The van der Waals surface area contributed by atoms with Crippen molar-refractivity contribution in [3.8, 4) is 0 Å². The summed E-state index contributed by atoms with van der Waals surface area (Å²) in [6, 6.07) is 8.52. The summed E-state index contributed by atoms with van der Waals surface area (Å²) in [5.41, 5.74) is 5.95. The number of nitrogens with one attached hydrogen (secondary N) is 2. The fourth-order valence-electron chi connectivity index (χ4n) is 3.25. The number of amides is 2. The fourth-order valence-corrected chi connectivity index (χ4v) is 3.25. The third-order valence-corrected chi connectivity index (χ3v) is 5.03. The van der Waals surface area contributed by atoms with Gasteiger partial charge in [-0.25, -0.2) is 4.79 Å². The summed E-state index contributed by atoms with van der Waals surface area (Å²) in [5.74, 6) is 0.769. The molecule has 2 aromatic rings. The molecule has 5 heteroatoms. The fraction of sp³-hybridized carbons (Fsp3) is 0.500. The highest BCUT2D eigenvalue weighted by atomic mass is 16.2. The number of hydrogen-bond acceptors (Lipinski definition) is 2. The third kappa shape index (κ3) is 4.41. The van der Waals surface area contributed by atoms with Crippen molar-refractivity contribution in [1.29, 1.82) is 0 Å². The highest BCUT2D eigenvalue weighted by molar-refractivity contribution is 5.74. The first-order valence-electron chi connectivity index (χ1n) is 9.06. The summed E-state index contributed by atoms with van der Waals surface area (Å²) in [6.45, 7) is 6.65. The van der Waals surface area contributed by atoms with Gasteiger partial charge in [-0.2, -0.15) is 5.10 Å². The molecule has 0 saturated heterocycles. The lowest BCUT2D eigenvalue weighted by Gasteiger charge is -2.15. The minimum Gasteiger partial charge on any atom is -0.335 e. The van der Waals surface area contributed by atoms with Gasteiger partial charge in [0.1, 0.15) is 0 Å². The minimum absolute atomic E-state index is 0.0545. The Balaban J connectivity index is 1.46. The lowest BCUT2D eigenvalue weighted by atomic mass is 10.1. The van der Waals surface area contributed by atoms with Crippen LogP contribution in [0.15, 0.2) is 24.3 Å². The Morgan fingerprint density at radius 2 is 1.96 bits per heavy atom. The predicted molar refractivity (Wildman–Crippen MR) is 99.6 cm³/mol. The molecule has 0 spiro atoms. The Hall–Kier alpha value is -2.30. The SMILES string of the molecule is Cc1nn(C)c(C)c1C[C@@H](C)NC(=O)NCc1ccc(C2CC2)cc1. The second-order valence-corrected chi connectivity index (χ2v) is 7.22. The van der Waals surface area contributed by atoms with Crippen molar-refractivity contribution in [3.63, 3.8) is 0 Å². The molecule has 1 aromatic carbocycles. The van der Waals surface area contributed by atoms with Crippen LogP contribution >= 0.6 is 0 Å². The first-order chi connectivity index (χ1) is 11.9. The molecule has 1 aliphatic rings. The van der Waals surface area contributed by atoms with Crippen molar-refractivity contribution in [1.82, 2.24) is 20.4 Å². The summed E-state index contributed by atoms with van der Waals surface area (Å²) in [5, 5.41) is 10.4. The average molecular weight is 340 g/mol. The molecule has 1 aromatic heterocycles. The van der Waals surface area contributed by atoms with Gasteiger partial charge in [0.25, 0.3) is 0 Å². The summed E-state index contributed by atoms with van der Waals surface area (Å²) in [4.78, 5) is 12.1. The molecule has 1 fully saturated rings. The van der Waals surface area contributed by atoms with Crippen molar-refractivity contribution in [3.05, 3.63) is 52.3 Å². The number of aromatic nitrogens is 2. The summed E-state index contributed by atoms with van der Waals surface area (Å²) >= 11 is 0. The second kappa shape index (κ2) is 7.30. The highest BCUT2D eigenvalue weighted by Crippen LogP contribution is 2.39. The van der Waals surface area contributed by atoms with E-state index in [-0.39, 0.29) is 12.1 Å². The van der Waals surface area contributed by atoms with E-state index in [9.17, 15) is 4.79 Å². The zero-order valence-corrected chi connectivity index (χ0v) is 15.6. The maximum absolute atomic E-state index is 12.1. The standard InChI is InChI=1S/C20H28N4O/c1-13(11-19-14(2)23-24(4)15(19)3)22-20(25)21-12-16-5-7-17(8-6-16)18-9-10-18/h5-8,13,18H,9-12H2,1-4H3,(H2,21,22,25)/t13-/m1/s1. The molecule has 1 heterocycles. The highest BCUT2D eigenvalue weighted by Gasteiger charge is 2.22. The van der Waals surface area contributed by atoms with Gasteiger partial charge in [-0.1, -0.05) is 24.3 Å². The van der Waals surface area contributed by atoms with Crippen LogP contribution in [0.25, 0.3) is 0 Å². The van der Waals surface area contributed by atoms with Crippen molar-refractivity contribution >= 4 is 6.03 Å². The Morgan fingerprint density at radius 1 is 1.28 bits per heavy atom. The third-order valence-electron chi connectivity index (χ3n) is 5.03. The van der Waals surface area contributed by atoms with E-state index in [0.717, 1.165) is 29.3 Å². The van der Waals surface area contributed by atoms with Gasteiger partial charge in [-0.3, -0.25) is 4.68 Å². The molecule has 0 aliphatic heterocycles. The quantitative estimate of drug-likeness (QED) is 0.847. The molecule has 25 heavy (non-hydrogen) atoms. The van der Waals surface area contributed by atoms with E-state index in [2.05, 4.69) is 46.9 Å². The van der Waals surface area contributed by atoms with E-state index in [0.29, 0.717) is 6.54 Å². The van der Waals surface area contributed by atoms with Gasteiger partial charge in [0.2, 0.25) is 0 Å². The number of rotatable bonds is 6. The summed E-state index contributed by atoms with van der Waals surface area (Å²) < 4.78 is 1.89. The first-order valence-corrected chi connectivity index (χ1v) is 9.06. The number of carbonyl (C=O) groups excluding carboxylic acids is 1. The molecule has 0 unspecified atom stereocenters. The van der Waals surface area contributed by atoms with Gasteiger partial charge in [0.15, 0.2) is 0 Å². The van der Waals surface area contributed by atoms with Gasteiger partial charge < -0.3 is 10.6 Å². The van der Waals surface area contributed by atoms with Crippen LogP contribution < -0.4 is 10.6 Å². The van der Waals surface area contributed by atoms with Crippen molar-refractivity contribution < 1.29 is 4.79 Å². The van der Waals surface area contributed by atoms with Crippen molar-refractivity contribution in [2.24, 2.45) is 7.05 Å². The molecule has 2 amide bonds. The number of urea groups is 1. The van der Waals surface area contributed by atoms with Crippen molar-refractivity contribution in [2.75, 3.05) is 0 Å². The first kappa shape index (κ1) is 17.5. The van der Waals surface area contributed by atoms with Crippen LogP contribution in [0.4, 0.5) is 4.79 Å². The van der Waals surface area contributed by atoms with Crippen LogP contribution in [-0.2, 0) is 20.0 Å². The van der Waals surface area contributed by atoms with E-state index in [1.165, 1.54) is 24.0 Å². The van der Waals surface area contributed by atoms with E-state index < -0.39 is 0 Å². The number of nitrogens with zero attached hydrogens (tertiary/aromatic N) is 2. The molecule has 2 N–H and O–H groups in total. The monoisotopic (exact) mass is 340 g/mol.